The minimum absolute atomic E-state index is 0.223. The van der Waals surface area contributed by atoms with Crippen molar-refractivity contribution in [1.29, 1.82) is 0 Å². The largest absolute Gasteiger partial charge is 0.496 e. The Kier molecular flexibility index (Phi) is 5.88. The van der Waals surface area contributed by atoms with Gasteiger partial charge in [0, 0.05) is 35.4 Å². The number of benzene rings is 2. The van der Waals surface area contributed by atoms with Crippen LogP contribution in [0.2, 0.25) is 0 Å². The van der Waals surface area contributed by atoms with E-state index in [9.17, 15) is 4.79 Å². The van der Waals surface area contributed by atoms with Gasteiger partial charge in [-0.15, -0.1) is 0 Å². The van der Waals surface area contributed by atoms with Crippen molar-refractivity contribution in [3.05, 3.63) is 60.4 Å². The van der Waals surface area contributed by atoms with Gasteiger partial charge in [0.05, 0.1) is 12.7 Å². The summed E-state index contributed by atoms with van der Waals surface area (Å²) in [5.41, 5.74) is 1.19. The fourth-order valence-electron chi connectivity index (χ4n) is 2.76. The number of fused-ring (bicyclic) bond motifs is 1. The molecule has 1 N–H and O–H groups in total. The molecule has 1 amide bonds. The SMILES string of the molecule is COc1ccc(NC(=O)c2ccccc2OCCN(C)C)c2ccncc12. The van der Waals surface area contributed by atoms with E-state index < -0.39 is 0 Å². The average Bonchev–Trinajstić information content (AvgIpc) is 2.68. The Bertz CT molecular complexity index is 941. The lowest BCUT2D eigenvalue weighted by atomic mass is 10.1. The quantitative estimate of drug-likeness (QED) is 0.695. The van der Waals surface area contributed by atoms with E-state index in [0.29, 0.717) is 29.4 Å². The first-order valence-corrected chi connectivity index (χ1v) is 8.69. The number of para-hydroxylation sites is 1. The van der Waals surface area contributed by atoms with E-state index >= 15 is 0 Å². The molecular formula is C21H23N3O3. The Morgan fingerprint density at radius 3 is 2.67 bits per heavy atom. The van der Waals surface area contributed by atoms with Crippen LogP contribution in [0.25, 0.3) is 10.8 Å². The molecule has 3 rings (SSSR count). The van der Waals surface area contributed by atoms with Gasteiger partial charge in [0.25, 0.3) is 5.91 Å². The van der Waals surface area contributed by atoms with E-state index in [0.717, 1.165) is 17.3 Å². The number of anilines is 1. The second-order valence-electron chi connectivity index (χ2n) is 6.34. The summed E-state index contributed by atoms with van der Waals surface area (Å²) in [6, 6.07) is 12.7. The van der Waals surface area contributed by atoms with Crippen LogP contribution in [-0.2, 0) is 0 Å². The Balaban J connectivity index is 1.85. The van der Waals surface area contributed by atoms with Crippen LogP contribution in [0.1, 0.15) is 10.4 Å². The minimum atomic E-state index is -0.223. The van der Waals surface area contributed by atoms with Gasteiger partial charge in [0.2, 0.25) is 0 Å². The zero-order valence-electron chi connectivity index (χ0n) is 15.7. The van der Waals surface area contributed by atoms with Crippen LogP contribution in [-0.4, -0.2) is 50.1 Å². The first-order chi connectivity index (χ1) is 13.1. The molecule has 0 aliphatic rings. The maximum atomic E-state index is 12.9. The molecule has 0 fully saturated rings. The van der Waals surface area contributed by atoms with Crippen molar-refractivity contribution in [2.24, 2.45) is 0 Å². The number of hydrogen-bond donors (Lipinski definition) is 1. The van der Waals surface area contributed by atoms with Crippen molar-refractivity contribution in [3.8, 4) is 11.5 Å². The van der Waals surface area contributed by atoms with E-state index in [2.05, 4.69) is 10.3 Å². The topological polar surface area (TPSA) is 63.7 Å². The first kappa shape index (κ1) is 18.7. The molecule has 0 unspecified atom stereocenters. The zero-order valence-corrected chi connectivity index (χ0v) is 15.7. The number of nitrogens with one attached hydrogen (secondary N) is 1. The number of amides is 1. The summed E-state index contributed by atoms with van der Waals surface area (Å²) in [5, 5.41) is 4.69. The summed E-state index contributed by atoms with van der Waals surface area (Å²) in [6.45, 7) is 1.28. The summed E-state index contributed by atoms with van der Waals surface area (Å²) >= 11 is 0. The van der Waals surface area contributed by atoms with Crippen LogP contribution in [0.3, 0.4) is 0 Å². The minimum Gasteiger partial charge on any atom is -0.496 e. The van der Waals surface area contributed by atoms with Crippen LogP contribution in [0.4, 0.5) is 5.69 Å². The predicted octanol–water partition coefficient (Wildman–Crippen LogP) is 3.44. The molecule has 3 aromatic rings. The third kappa shape index (κ3) is 4.35. The van der Waals surface area contributed by atoms with Crippen molar-refractivity contribution in [1.82, 2.24) is 9.88 Å². The lowest BCUT2D eigenvalue weighted by Crippen LogP contribution is -2.20. The van der Waals surface area contributed by atoms with Gasteiger partial charge >= 0.3 is 0 Å². The van der Waals surface area contributed by atoms with Crippen LogP contribution < -0.4 is 14.8 Å². The summed E-state index contributed by atoms with van der Waals surface area (Å²) < 4.78 is 11.2. The summed E-state index contributed by atoms with van der Waals surface area (Å²) in [7, 11) is 5.57. The number of carbonyl (C=O) groups excluding carboxylic acids is 1. The highest BCUT2D eigenvalue weighted by Gasteiger charge is 2.15. The molecule has 0 aliphatic carbocycles. The number of rotatable bonds is 7. The molecule has 0 bridgehead atoms. The second kappa shape index (κ2) is 8.51. The van der Waals surface area contributed by atoms with Gasteiger partial charge in [0.15, 0.2) is 0 Å². The normalized spacial score (nSPS) is 10.8. The molecule has 27 heavy (non-hydrogen) atoms. The maximum Gasteiger partial charge on any atom is 0.259 e. The third-order valence-electron chi connectivity index (χ3n) is 4.17. The third-order valence-corrected chi connectivity index (χ3v) is 4.17. The van der Waals surface area contributed by atoms with Crippen molar-refractivity contribution in [2.75, 3.05) is 39.7 Å². The van der Waals surface area contributed by atoms with E-state index in [1.807, 2.05) is 49.3 Å². The van der Waals surface area contributed by atoms with Crippen molar-refractivity contribution < 1.29 is 14.3 Å². The van der Waals surface area contributed by atoms with Crippen molar-refractivity contribution in [2.45, 2.75) is 0 Å². The number of hydrogen-bond acceptors (Lipinski definition) is 5. The van der Waals surface area contributed by atoms with Gasteiger partial charge in [-0.25, -0.2) is 0 Å². The summed E-state index contributed by atoms with van der Waals surface area (Å²) in [5.74, 6) is 1.05. The lowest BCUT2D eigenvalue weighted by molar-refractivity contribution is 0.102. The first-order valence-electron chi connectivity index (χ1n) is 8.69. The van der Waals surface area contributed by atoms with Crippen molar-refractivity contribution >= 4 is 22.4 Å². The second-order valence-corrected chi connectivity index (χ2v) is 6.34. The molecule has 0 saturated heterocycles. The van der Waals surface area contributed by atoms with Crippen LogP contribution in [0.15, 0.2) is 54.9 Å². The van der Waals surface area contributed by atoms with Gasteiger partial charge in [-0.3, -0.25) is 9.78 Å². The highest BCUT2D eigenvalue weighted by Crippen LogP contribution is 2.31. The molecule has 6 heteroatoms. The van der Waals surface area contributed by atoms with Crippen LogP contribution in [0, 0.1) is 0 Å². The average molecular weight is 365 g/mol. The number of nitrogens with zero attached hydrogens (tertiary/aromatic N) is 2. The van der Waals surface area contributed by atoms with Gasteiger partial charge in [-0.1, -0.05) is 12.1 Å². The Morgan fingerprint density at radius 1 is 1.07 bits per heavy atom. The van der Waals surface area contributed by atoms with Gasteiger partial charge in [-0.2, -0.15) is 0 Å². The number of methoxy groups -OCH3 is 1. The van der Waals surface area contributed by atoms with E-state index in [4.69, 9.17) is 9.47 Å². The highest BCUT2D eigenvalue weighted by molar-refractivity contribution is 6.11. The summed E-state index contributed by atoms with van der Waals surface area (Å²) in [4.78, 5) is 19.1. The van der Waals surface area contributed by atoms with E-state index in [1.165, 1.54) is 0 Å². The smallest absolute Gasteiger partial charge is 0.259 e. The molecule has 0 aliphatic heterocycles. The molecule has 0 spiro atoms. The number of pyridine rings is 1. The maximum absolute atomic E-state index is 12.9. The van der Waals surface area contributed by atoms with E-state index in [1.54, 1.807) is 31.6 Å². The molecule has 0 saturated carbocycles. The molecule has 140 valence electrons. The van der Waals surface area contributed by atoms with Gasteiger partial charge in [-0.05, 0) is 44.4 Å². The Morgan fingerprint density at radius 2 is 1.89 bits per heavy atom. The Hall–Kier alpha value is -3.12. The molecule has 0 radical (unpaired) electrons. The van der Waals surface area contributed by atoms with Gasteiger partial charge in [0.1, 0.15) is 18.1 Å². The van der Waals surface area contributed by atoms with E-state index in [-0.39, 0.29) is 5.91 Å². The van der Waals surface area contributed by atoms with Crippen LogP contribution in [0.5, 0.6) is 11.5 Å². The van der Waals surface area contributed by atoms with Crippen molar-refractivity contribution in [3.63, 3.8) is 0 Å². The fraction of sp³-hybridized carbons (Fsp3) is 0.238. The monoisotopic (exact) mass is 365 g/mol. The van der Waals surface area contributed by atoms with Gasteiger partial charge < -0.3 is 19.7 Å². The molecule has 2 aromatic carbocycles. The Labute approximate surface area is 158 Å². The standard InChI is InChI=1S/C21H23N3O3/c1-24(2)12-13-27-20-7-5-4-6-16(20)21(25)23-18-8-9-19(26-3)17-14-22-11-10-15(17)18/h4-11,14H,12-13H2,1-3H3,(H,23,25). The number of aromatic nitrogens is 1. The molecule has 6 nitrogen and oxygen atoms in total. The zero-order chi connectivity index (χ0) is 19.2. The molecule has 0 atom stereocenters. The lowest BCUT2D eigenvalue weighted by Gasteiger charge is -2.15. The number of ether oxygens (including phenoxy) is 2. The number of likely N-dealkylation sites (N-methyl/N-ethyl adjacent to an activating group) is 1. The fourth-order valence-corrected chi connectivity index (χ4v) is 2.76. The van der Waals surface area contributed by atoms with Crippen LogP contribution >= 0.6 is 0 Å². The predicted molar refractivity (Wildman–Crippen MR) is 107 cm³/mol. The molecule has 1 aromatic heterocycles. The molecule has 1 heterocycles. The highest BCUT2D eigenvalue weighted by atomic mass is 16.5. The summed E-state index contributed by atoms with van der Waals surface area (Å²) in [6.07, 6.45) is 3.41. The molecular weight excluding hydrogens is 342 g/mol. The number of carbonyl (C=O) groups is 1.